The van der Waals surface area contributed by atoms with Crippen LogP contribution < -0.4 is 0 Å². The van der Waals surface area contributed by atoms with Crippen LogP contribution in [0, 0.1) is 17.8 Å². The Hall–Kier alpha value is 0. The molecular weight excluding hydrogens is 216 g/mol. The second-order valence-corrected chi connectivity index (χ2v) is 6.37. The molecular formula is C18H38. The van der Waals surface area contributed by atoms with E-state index in [1.165, 1.54) is 64.2 Å². The standard InChI is InChI=1S/C18H38/c1-6-10-13-17(8-3)15-18(9-4)14-11-12-16(5)7-2/h16-18H,6-15H2,1-5H3. The van der Waals surface area contributed by atoms with Crippen molar-refractivity contribution < 1.29 is 0 Å². The molecule has 3 unspecified atom stereocenters. The second kappa shape index (κ2) is 12.1. The van der Waals surface area contributed by atoms with Gasteiger partial charge in [0.25, 0.3) is 0 Å². The topological polar surface area (TPSA) is 0 Å². The van der Waals surface area contributed by atoms with Gasteiger partial charge in [0.2, 0.25) is 0 Å². The van der Waals surface area contributed by atoms with Crippen molar-refractivity contribution in [3.8, 4) is 0 Å². The van der Waals surface area contributed by atoms with Gasteiger partial charge in [-0.1, -0.05) is 92.4 Å². The van der Waals surface area contributed by atoms with Gasteiger partial charge in [-0.2, -0.15) is 0 Å². The molecule has 0 rings (SSSR count). The van der Waals surface area contributed by atoms with Crippen molar-refractivity contribution in [1.82, 2.24) is 0 Å². The first kappa shape index (κ1) is 18.0. The molecule has 0 aliphatic rings. The van der Waals surface area contributed by atoms with E-state index < -0.39 is 0 Å². The number of hydrogen-bond donors (Lipinski definition) is 0. The van der Waals surface area contributed by atoms with Gasteiger partial charge in [-0.3, -0.25) is 0 Å². The molecule has 3 atom stereocenters. The fourth-order valence-corrected chi connectivity index (χ4v) is 2.90. The van der Waals surface area contributed by atoms with Gasteiger partial charge in [0.1, 0.15) is 0 Å². The Morgan fingerprint density at radius 1 is 0.667 bits per heavy atom. The predicted octanol–water partition coefficient (Wildman–Crippen LogP) is 6.84. The molecule has 0 aromatic carbocycles. The Morgan fingerprint density at radius 2 is 1.22 bits per heavy atom. The van der Waals surface area contributed by atoms with Crippen LogP contribution in [0.1, 0.15) is 98.8 Å². The van der Waals surface area contributed by atoms with Gasteiger partial charge in [0.15, 0.2) is 0 Å². The molecule has 0 bridgehead atoms. The Labute approximate surface area is 117 Å². The Kier molecular flexibility index (Phi) is 12.1. The molecule has 0 aromatic heterocycles. The maximum absolute atomic E-state index is 2.40. The Morgan fingerprint density at radius 3 is 1.67 bits per heavy atom. The van der Waals surface area contributed by atoms with Crippen LogP contribution in [0.15, 0.2) is 0 Å². The highest BCUT2D eigenvalue weighted by atomic mass is 14.2. The lowest BCUT2D eigenvalue weighted by Gasteiger charge is -2.22. The maximum atomic E-state index is 2.40. The molecule has 0 fully saturated rings. The third-order valence-electron chi connectivity index (χ3n) is 4.79. The monoisotopic (exact) mass is 254 g/mol. The summed E-state index contributed by atoms with van der Waals surface area (Å²) in [7, 11) is 0. The molecule has 0 nitrogen and oxygen atoms in total. The van der Waals surface area contributed by atoms with Crippen molar-refractivity contribution in [1.29, 1.82) is 0 Å². The van der Waals surface area contributed by atoms with Gasteiger partial charge in [0, 0.05) is 0 Å². The highest BCUT2D eigenvalue weighted by Gasteiger charge is 2.13. The summed E-state index contributed by atoms with van der Waals surface area (Å²) in [5, 5.41) is 0. The summed E-state index contributed by atoms with van der Waals surface area (Å²) in [6, 6.07) is 0. The molecule has 0 heterocycles. The molecule has 0 saturated heterocycles. The van der Waals surface area contributed by atoms with Gasteiger partial charge in [-0.15, -0.1) is 0 Å². The van der Waals surface area contributed by atoms with Crippen LogP contribution in [0.2, 0.25) is 0 Å². The molecule has 0 spiro atoms. The normalized spacial score (nSPS) is 16.5. The van der Waals surface area contributed by atoms with E-state index in [1.54, 1.807) is 0 Å². The first-order valence-electron chi connectivity index (χ1n) is 8.67. The average molecular weight is 255 g/mol. The molecule has 0 N–H and O–H groups in total. The van der Waals surface area contributed by atoms with E-state index in [0.29, 0.717) is 0 Å². The smallest absolute Gasteiger partial charge is 0.0414 e. The molecule has 0 amide bonds. The molecule has 0 aliphatic carbocycles. The second-order valence-electron chi connectivity index (χ2n) is 6.37. The highest BCUT2D eigenvalue weighted by Crippen LogP contribution is 2.27. The van der Waals surface area contributed by atoms with Crippen molar-refractivity contribution >= 4 is 0 Å². The summed E-state index contributed by atoms with van der Waals surface area (Å²) in [5.74, 6) is 2.93. The minimum absolute atomic E-state index is 0.935. The van der Waals surface area contributed by atoms with Crippen LogP contribution in [0.4, 0.5) is 0 Å². The van der Waals surface area contributed by atoms with E-state index >= 15 is 0 Å². The lowest BCUT2D eigenvalue weighted by atomic mass is 9.84. The van der Waals surface area contributed by atoms with Crippen LogP contribution in [0.5, 0.6) is 0 Å². The fraction of sp³-hybridized carbons (Fsp3) is 1.00. The van der Waals surface area contributed by atoms with Gasteiger partial charge in [-0.25, -0.2) is 0 Å². The SMILES string of the molecule is CCCCC(CC)CC(CC)CCCC(C)CC. The molecule has 110 valence electrons. The summed E-state index contributed by atoms with van der Waals surface area (Å²) in [6.45, 7) is 11.8. The summed E-state index contributed by atoms with van der Waals surface area (Å²) in [5.41, 5.74) is 0. The van der Waals surface area contributed by atoms with Crippen molar-refractivity contribution in [3.05, 3.63) is 0 Å². The lowest BCUT2D eigenvalue weighted by molar-refractivity contribution is 0.304. The number of hydrogen-bond acceptors (Lipinski definition) is 0. The van der Waals surface area contributed by atoms with E-state index in [9.17, 15) is 0 Å². The number of unbranched alkanes of at least 4 members (excludes halogenated alkanes) is 1. The van der Waals surface area contributed by atoms with Crippen LogP contribution >= 0.6 is 0 Å². The first-order valence-corrected chi connectivity index (χ1v) is 8.67. The summed E-state index contributed by atoms with van der Waals surface area (Å²) >= 11 is 0. The molecule has 0 heteroatoms. The van der Waals surface area contributed by atoms with Crippen LogP contribution in [0.25, 0.3) is 0 Å². The van der Waals surface area contributed by atoms with Gasteiger partial charge in [-0.05, 0) is 24.2 Å². The molecule has 18 heavy (non-hydrogen) atoms. The summed E-state index contributed by atoms with van der Waals surface area (Å²) in [4.78, 5) is 0. The van der Waals surface area contributed by atoms with Crippen LogP contribution in [-0.4, -0.2) is 0 Å². The van der Waals surface area contributed by atoms with E-state index in [-0.39, 0.29) is 0 Å². The highest BCUT2D eigenvalue weighted by molar-refractivity contribution is 4.66. The van der Waals surface area contributed by atoms with Crippen molar-refractivity contribution in [2.75, 3.05) is 0 Å². The van der Waals surface area contributed by atoms with E-state index in [0.717, 1.165) is 17.8 Å². The Bertz CT molecular complexity index is 161. The van der Waals surface area contributed by atoms with Gasteiger partial charge in [0.05, 0.1) is 0 Å². The van der Waals surface area contributed by atoms with Crippen molar-refractivity contribution in [2.45, 2.75) is 98.8 Å². The zero-order valence-electron chi connectivity index (χ0n) is 13.8. The average Bonchev–Trinajstić information content (AvgIpc) is 2.41. The summed E-state index contributed by atoms with van der Waals surface area (Å²) < 4.78 is 0. The van der Waals surface area contributed by atoms with Crippen molar-refractivity contribution in [3.63, 3.8) is 0 Å². The minimum Gasteiger partial charge on any atom is -0.0654 e. The van der Waals surface area contributed by atoms with E-state index in [4.69, 9.17) is 0 Å². The third-order valence-corrected chi connectivity index (χ3v) is 4.79. The zero-order chi connectivity index (χ0) is 13.8. The van der Waals surface area contributed by atoms with Gasteiger partial charge >= 0.3 is 0 Å². The van der Waals surface area contributed by atoms with Crippen LogP contribution in [-0.2, 0) is 0 Å². The summed E-state index contributed by atoms with van der Waals surface area (Å²) in [6.07, 6.45) is 14.3. The lowest BCUT2D eigenvalue weighted by Crippen LogP contribution is -2.09. The maximum Gasteiger partial charge on any atom is -0.0414 e. The van der Waals surface area contributed by atoms with Gasteiger partial charge < -0.3 is 0 Å². The largest absolute Gasteiger partial charge is 0.0654 e. The fourth-order valence-electron chi connectivity index (χ4n) is 2.90. The minimum atomic E-state index is 0.935. The Balaban J connectivity index is 3.85. The molecule has 0 radical (unpaired) electrons. The quantitative estimate of drug-likeness (QED) is 0.358. The van der Waals surface area contributed by atoms with E-state index in [1.807, 2.05) is 0 Å². The molecule has 0 aliphatic heterocycles. The number of rotatable bonds is 12. The van der Waals surface area contributed by atoms with Crippen molar-refractivity contribution in [2.24, 2.45) is 17.8 Å². The third kappa shape index (κ3) is 9.00. The van der Waals surface area contributed by atoms with E-state index in [2.05, 4.69) is 34.6 Å². The first-order chi connectivity index (χ1) is 8.67. The molecule has 0 saturated carbocycles. The predicted molar refractivity (Wildman–Crippen MR) is 85.0 cm³/mol. The zero-order valence-corrected chi connectivity index (χ0v) is 13.8. The van der Waals surface area contributed by atoms with Crippen LogP contribution in [0.3, 0.4) is 0 Å². The molecule has 0 aromatic rings.